The predicted octanol–water partition coefficient (Wildman–Crippen LogP) is 0.534. The molecule has 3 N–H and O–H groups in total. The molecule has 0 saturated heterocycles. The summed E-state index contributed by atoms with van der Waals surface area (Å²) in [5, 5.41) is 15.0. The lowest BCUT2D eigenvalue weighted by molar-refractivity contribution is -0.139. The van der Waals surface area contributed by atoms with Gasteiger partial charge in [0.1, 0.15) is 6.10 Å². The van der Waals surface area contributed by atoms with Crippen LogP contribution < -0.4 is 10.6 Å². The Morgan fingerprint density at radius 3 is 2.43 bits per heavy atom. The smallest absolute Gasteiger partial charge is 0.309 e. The van der Waals surface area contributed by atoms with E-state index in [2.05, 4.69) is 10.6 Å². The molecule has 2 aromatic rings. The van der Waals surface area contributed by atoms with Gasteiger partial charge in [0.05, 0.1) is 0 Å². The first kappa shape index (κ1) is 16.8. The number of aryl methyl sites for hydroxylation is 1. The van der Waals surface area contributed by atoms with Crippen molar-refractivity contribution in [3.8, 4) is 0 Å². The molecule has 0 aliphatic rings. The summed E-state index contributed by atoms with van der Waals surface area (Å²) in [6.07, 6.45) is 1.61. The van der Waals surface area contributed by atoms with Crippen LogP contribution in [-0.4, -0.2) is 34.6 Å². The summed E-state index contributed by atoms with van der Waals surface area (Å²) < 4.78 is 1.76. The van der Waals surface area contributed by atoms with Crippen molar-refractivity contribution in [1.29, 1.82) is 0 Å². The Balaban J connectivity index is 1.70. The highest BCUT2D eigenvalue weighted by Crippen LogP contribution is 2.11. The molecule has 0 aliphatic heterocycles. The van der Waals surface area contributed by atoms with Crippen LogP contribution in [0.2, 0.25) is 0 Å². The van der Waals surface area contributed by atoms with Crippen molar-refractivity contribution in [2.45, 2.75) is 12.5 Å². The predicted molar refractivity (Wildman–Crippen MR) is 86.5 cm³/mol. The normalized spacial score (nSPS) is 11.7. The Morgan fingerprint density at radius 2 is 1.78 bits per heavy atom. The van der Waals surface area contributed by atoms with Crippen LogP contribution in [0.4, 0.5) is 0 Å². The van der Waals surface area contributed by atoms with Crippen molar-refractivity contribution < 1.29 is 14.7 Å². The second-order valence-corrected chi connectivity index (χ2v) is 5.26. The van der Waals surface area contributed by atoms with E-state index < -0.39 is 17.9 Å². The molecule has 1 atom stereocenters. The van der Waals surface area contributed by atoms with Crippen molar-refractivity contribution >= 4 is 11.8 Å². The molecule has 0 radical (unpaired) electrons. The zero-order valence-corrected chi connectivity index (χ0v) is 13.0. The number of amides is 2. The zero-order chi connectivity index (χ0) is 16.7. The molecule has 2 rings (SSSR count). The highest BCUT2D eigenvalue weighted by atomic mass is 16.3. The minimum atomic E-state index is -0.851. The van der Waals surface area contributed by atoms with Crippen LogP contribution in [0, 0.1) is 0 Å². The Hall–Kier alpha value is -2.60. The lowest BCUT2D eigenvalue weighted by atomic mass is 10.1. The quantitative estimate of drug-likeness (QED) is 0.680. The summed E-state index contributed by atoms with van der Waals surface area (Å²) in [6, 6.07) is 13.3. The number of hydrogen-bond donors (Lipinski definition) is 3. The standard InChI is InChI=1S/C17H21N3O3/c1-20-11-5-8-14(20)15(21)12-19-17(23)16(22)18-10-9-13-6-3-2-4-7-13/h2-8,11,15,21H,9-10,12H2,1H3,(H,18,22)(H,19,23)/t15-/m1/s1. The average Bonchev–Trinajstić information content (AvgIpc) is 2.99. The van der Waals surface area contributed by atoms with E-state index in [1.807, 2.05) is 30.3 Å². The third-order valence-corrected chi connectivity index (χ3v) is 3.53. The highest BCUT2D eigenvalue weighted by Gasteiger charge is 2.16. The van der Waals surface area contributed by atoms with Crippen molar-refractivity contribution in [1.82, 2.24) is 15.2 Å². The summed E-state index contributed by atoms with van der Waals surface area (Å²) in [5.41, 5.74) is 1.77. The van der Waals surface area contributed by atoms with Gasteiger partial charge in [-0.3, -0.25) is 9.59 Å². The van der Waals surface area contributed by atoms with Crippen molar-refractivity contribution in [3.63, 3.8) is 0 Å². The minimum Gasteiger partial charge on any atom is -0.385 e. The van der Waals surface area contributed by atoms with Crippen molar-refractivity contribution in [3.05, 3.63) is 59.9 Å². The molecular formula is C17H21N3O3. The zero-order valence-electron chi connectivity index (χ0n) is 13.0. The van der Waals surface area contributed by atoms with Crippen LogP contribution in [0.1, 0.15) is 17.4 Å². The van der Waals surface area contributed by atoms with Gasteiger partial charge in [-0.1, -0.05) is 30.3 Å². The number of carbonyl (C=O) groups is 2. The number of aromatic nitrogens is 1. The first-order valence-electron chi connectivity index (χ1n) is 7.47. The van der Waals surface area contributed by atoms with Gasteiger partial charge < -0.3 is 20.3 Å². The van der Waals surface area contributed by atoms with E-state index in [-0.39, 0.29) is 6.54 Å². The molecule has 1 aromatic heterocycles. The number of aliphatic hydroxyl groups is 1. The topological polar surface area (TPSA) is 83.4 Å². The molecular weight excluding hydrogens is 294 g/mol. The largest absolute Gasteiger partial charge is 0.385 e. The summed E-state index contributed by atoms with van der Waals surface area (Å²) in [5.74, 6) is -1.44. The molecule has 23 heavy (non-hydrogen) atoms. The number of nitrogens with zero attached hydrogens (tertiary/aromatic N) is 1. The molecule has 1 heterocycles. The van der Waals surface area contributed by atoms with Crippen LogP contribution in [0.15, 0.2) is 48.7 Å². The molecule has 1 aromatic carbocycles. The third-order valence-electron chi connectivity index (χ3n) is 3.53. The molecule has 6 nitrogen and oxygen atoms in total. The minimum absolute atomic E-state index is 0.0111. The second kappa shape index (κ2) is 8.14. The first-order valence-corrected chi connectivity index (χ1v) is 7.47. The SMILES string of the molecule is Cn1cccc1[C@H](O)CNC(=O)C(=O)NCCc1ccccc1. The molecule has 0 aliphatic carbocycles. The van der Waals surface area contributed by atoms with Gasteiger partial charge in [0.2, 0.25) is 0 Å². The first-order chi connectivity index (χ1) is 11.1. The number of carbonyl (C=O) groups excluding carboxylic acids is 2. The van der Waals surface area contributed by atoms with Gasteiger partial charge in [0.15, 0.2) is 0 Å². The summed E-state index contributed by atoms with van der Waals surface area (Å²) >= 11 is 0. The van der Waals surface area contributed by atoms with Gasteiger partial charge in [-0.05, 0) is 24.1 Å². The maximum absolute atomic E-state index is 11.7. The Morgan fingerprint density at radius 1 is 1.09 bits per heavy atom. The molecule has 6 heteroatoms. The van der Waals surface area contributed by atoms with Crippen LogP contribution >= 0.6 is 0 Å². The molecule has 0 bridgehead atoms. The number of nitrogens with one attached hydrogen (secondary N) is 2. The second-order valence-electron chi connectivity index (χ2n) is 5.26. The lowest BCUT2D eigenvalue weighted by Crippen LogP contribution is -2.42. The van der Waals surface area contributed by atoms with E-state index in [0.29, 0.717) is 18.7 Å². The monoisotopic (exact) mass is 315 g/mol. The number of benzene rings is 1. The molecule has 122 valence electrons. The van der Waals surface area contributed by atoms with Gasteiger partial charge in [0, 0.05) is 32.0 Å². The van der Waals surface area contributed by atoms with Crippen molar-refractivity contribution in [2.75, 3.05) is 13.1 Å². The van der Waals surface area contributed by atoms with Gasteiger partial charge in [-0.25, -0.2) is 0 Å². The van der Waals surface area contributed by atoms with Crippen LogP contribution in [-0.2, 0) is 23.1 Å². The van der Waals surface area contributed by atoms with Crippen molar-refractivity contribution in [2.24, 2.45) is 7.05 Å². The van der Waals surface area contributed by atoms with Crippen LogP contribution in [0.3, 0.4) is 0 Å². The Bertz CT molecular complexity index is 652. The summed E-state index contributed by atoms with van der Waals surface area (Å²) in [4.78, 5) is 23.4. The van der Waals surface area contributed by atoms with E-state index in [9.17, 15) is 14.7 Å². The van der Waals surface area contributed by atoms with Crippen LogP contribution in [0.25, 0.3) is 0 Å². The van der Waals surface area contributed by atoms with Crippen LogP contribution in [0.5, 0.6) is 0 Å². The molecule has 0 unspecified atom stereocenters. The molecule has 0 saturated carbocycles. The Labute approximate surface area is 135 Å². The highest BCUT2D eigenvalue weighted by molar-refractivity contribution is 6.35. The Kier molecular flexibility index (Phi) is 5.94. The maximum atomic E-state index is 11.7. The van der Waals surface area contributed by atoms with Gasteiger partial charge >= 0.3 is 11.8 Å². The van der Waals surface area contributed by atoms with Gasteiger partial charge in [0.25, 0.3) is 0 Å². The number of rotatable bonds is 6. The third kappa shape index (κ3) is 4.96. The van der Waals surface area contributed by atoms with E-state index >= 15 is 0 Å². The summed E-state index contributed by atoms with van der Waals surface area (Å²) in [6.45, 7) is 0.374. The molecule has 0 spiro atoms. The summed E-state index contributed by atoms with van der Waals surface area (Å²) in [7, 11) is 1.80. The molecule has 2 amide bonds. The average molecular weight is 315 g/mol. The number of hydrogen-bond acceptors (Lipinski definition) is 3. The number of aliphatic hydroxyl groups excluding tert-OH is 1. The molecule has 0 fully saturated rings. The van der Waals surface area contributed by atoms with Gasteiger partial charge in [-0.2, -0.15) is 0 Å². The van der Waals surface area contributed by atoms with E-state index in [1.165, 1.54) is 0 Å². The van der Waals surface area contributed by atoms with E-state index in [4.69, 9.17) is 0 Å². The fourth-order valence-electron chi connectivity index (χ4n) is 2.24. The maximum Gasteiger partial charge on any atom is 0.309 e. The lowest BCUT2D eigenvalue weighted by Gasteiger charge is -2.13. The fraction of sp³-hybridized carbons (Fsp3) is 0.294. The fourth-order valence-corrected chi connectivity index (χ4v) is 2.24. The van der Waals surface area contributed by atoms with Gasteiger partial charge in [-0.15, -0.1) is 0 Å². The van der Waals surface area contributed by atoms with E-state index in [0.717, 1.165) is 5.56 Å². The van der Waals surface area contributed by atoms with E-state index in [1.54, 1.807) is 29.9 Å².